The molecule has 2 unspecified atom stereocenters. The highest BCUT2D eigenvalue weighted by Crippen LogP contribution is 2.29. The van der Waals surface area contributed by atoms with Crippen molar-refractivity contribution in [2.24, 2.45) is 0 Å². The SMILES string of the molecule is CC.CC(O)(C(O)O)N(C(C)(O)C(O)O)S(=O)(=O)O. The molecule has 2 atom stereocenters. The van der Waals surface area contributed by atoms with Crippen molar-refractivity contribution in [3.8, 4) is 0 Å². The van der Waals surface area contributed by atoms with Crippen LogP contribution in [-0.4, -0.2) is 71.9 Å². The highest BCUT2D eigenvalue weighted by atomic mass is 32.2. The van der Waals surface area contributed by atoms with Crippen molar-refractivity contribution in [3.63, 3.8) is 0 Å². The Balaban J connectivity index is 0. The lowest BCUT2D eigenvalue weighted by Crippen LogP contribution is -2.68. The van der Waals surface area contributed by atoms with E-state index in [1.54, 1.807) is 0 Å². The lowest BCUT2D eigenvalue weighted by Gasteiger charge is -2.43. The van der Waals surface area contributed by atoms with Gasteiger partial charge in [0.2, 0.25) is 0 Å². The van der Waals surface area contributed by atoms with Crippen LogP contribution in [0, 0.1) is 0 Å². The van der Waals surface area contributed by atoms with Gasteiger partial charge in [-0.1, -0.05) is 13.8 Å². The molecule has 0 aliphatic rings. The van der Waals surface area contributed by atoms with E-state index in [0.29, 0.717) is 13.8 Å². The van der Waals surface area contributed by atoms with E-state index in [4.69, 9.17) is 25.0 Å². The maximum absolute atomic E-state index is 11.0. The van der Waals surface area contributed by atoms with Gasteiger partial charge in [-0.3, -0.25) is 4.55 Å². The summed E-state index contributed by atoms with van der Waals surface area (Å²) in [4.78, 5) is 0. The third-order valence-corrected chi connectivity index (χ3v) is 3.23. The quantitative estimate of drug-likeness (QED) is 0.208. The van der Waals surface area contributed by atoms with Crippen LogP contribution in [0.4, 0.5) is 0 Å². The van der Waals surface area contributed by atoms with Crippen LogP contribution in [0.2, 0.25) is 0 Å². The zero-order valence-electron chi connectivity index (χ0n) is 11.0. The molecule has 0 saturated heterocycles. The molecule has 0 heterocycles. The van der Waals surface area contributed by atoms with Gasteiger partial charge < -0.3 is 30.6 Å². The smallest absolute Gasteiger partial charge is 0.341 e. The van der Waals surface area contributed by atoms with Gasteiger partial charge in [-0.2, -0.15) is 8.42 Å². The molecule has 0 radical (unpaired) electrons. The van der Waals surface area contributed by atoms with Gasteiger partial charge in [0.1, 0.15) is 0 Å². The Labute approximate surface area is 111 Å². The van der Waals surface area contributed by atoms with Crippen LogP contribution in [-0.2, 0) is 10.3 Å². The van der Waals surface area contributed by atoms with E-state index in [1.807, 2.05) is 13.8 Å². The minimum Gasteiger partial charge on any atom is -0.370 e. The van der Waals surface area contributed by atoms with E-state index in [9.17, 15) is 18.6 Å². The molecular weight excluding hydrogens is 286 g/mol. The highest BCUT2D eigenvalue weighted by Gasteiger charge is 2.55. The van der Waals surface area contributed by atoms with Gasteiger partial charge in [0, 0.05) is 0 Å². The lowest BCUT2D eigenvalue weighted by molar-refractivity contribution is -0.306. The second kappa shape index (κ2) is 6.88. The standard InChI is InChI=1S/C6H15NO9S.C2H6/c1-5(12,3(8)9)7(17(14,15)16)6(2,13)4(10)11;1-2/h3-4,8-13H,1-2H3,(H,14,15,16);1-2H3. The van der Waals surface area contributed by atoms with Crippen LogP contribution in [0.1, 0.15) is 27.7 Å². The second-order valence-electron chi connectivity index (χ2n) is 3.68. The Morgan fingerprint density at radius 3 is 1.21 bits per heavy atom. The molecule has 0 amide bonds. The van der Waals surface area contributed by atoms with Crippen LogP contribution < -0.4 is 0 Å². The molecule has 0 saturated carbocycles. The first-order chi connectivity index (χ1) is 8.25. The zero-order chi connectivity index (χ0) is 16.2. The second-order valence-corrected chi connectivity index (χ2v) is 4.94. The number of hydrogen-bond acceptors (Lipinski definition) is 8. The van der Waals surface area contributed by atoms with E-state index < -0.39 is 38.6 Å². The summed E-state index contributed by atoms with van der Waals surface area (Å²) in [5, 5.41) is 54.0. The molecule has 19 heavy (non-hydrogen) atoms. The summed E-state index contributed by atoms with van der Waals surface area (Å²) in [5.41, 5.74) is -6.19. The minimum atomic E-state index is -5.38. The summed E-state index contributed by atoms with van der Waals surface area (Å²) in [6.45, 7) is 5.03. The molecular formula is C8H21NO9S. The van der Waals surface area contributed by atoms with Crippen LogP contribution >= 0.6 is 0 Å². The van der Waals surface area contributed by atoms with Crippen LogP contribution in [0.25, 0.3) is 0 Å². The third-order valence-electron chi connectivity index (χ3n) is 2.03. The van der Waals surface area contributed by atoms with Gasteiger partial charge in [-0.05, 0) is 13.8 Å². The van der Waals surface area contributed by atoms with Gasteiger partial charge in [0.25, 0.3) is 0 Å². The normalized spacial score (nSPS) is 18.8. The zero-order valence-corrected chi connectivity index (χ0v) is 11.8. The fraction of sp³-hybridized carbons (Fsp3) is 1.00. The van der Waals surface area contributed by atoms with E-state index >= 15 is 0 Å². The van der Waals surface area contributed by atoms with Crippen LogP contribution in [0.3, 0.4) is 0 Å². The Bertz CT molecular complexity index is 342. The molecule has 0 rings (SSSR count). The molecule has 0 spiro atoms. The third kappa shape index (κ3) is 4.91. The van der Waals surface area contributed by atoms with Crippen molar-refractivity contribution < 1.29 is 43.6 Å². The Kier molecular flexibility index (Phi) is 7.58. The summed E-state index contributed by atoms with van der Waals surface area (Å²) >= 11 is 0. The number of nitrogens with zero attached hydrogens (tertiary/aromatic N) is 1. The molecule has 7 N–H and O–H groups in total. The molecule has 0 aliphatic heterocycles. The maximum atomic E-state index is 11.0. The molecule has 0 aliphatic carbocycles. The van der Waals surface area contributed by atoms with Gasteiger partial charge >= 0.3 is 10.3 Å². The van der Waals surface area contributed by atoms with E-state index in [-0.39, 0.29) is 0 Å². The number of hydrogen-bond donors (Lipinski definition) is 7. The molecule has 0 aromatic rings. The summed E-state index contributed by atoms with van der Waals surface area (Å²) in [7, 11) is -5.38. The summed E-state index contributed by atoms with van der Waals surface area (Å²) in [6.07, 6.45) is -5.45. The average Bonchev–Trinajstić information content (AvgIpc) is 2.16. The highest BCUT2D eigenvalue weighted by molar-refractivity contribution is 7.83. The number of aliphatic hydroxyl groups is 6. The molecule has 118 valence electrons. The van der Waals surface area contributed by atoms with Crippen molar-refractivity contribution in [1.29, 1.82) is 0 Å². The van der Waals surface area contributed by atoms with Gasteiger partial charge in [0.05, 0.1) is 0 Å². The predicted octanol–water partition coefficient (Wildman–Crippen LogP) is -2.84. The molecule has 0 aromatic heterocycles. The van der Waals surface area contributed by atoms with Gasteiger partial charge in [-0.25, -0.2) is 0 Å². The molecule has 0 aromatic carbocycles. The van der Waals surface area contributed by atoms with Crippen molar-refractivity contribution in [1.82, 2.24) is 4.31 Å². The molecule has 0 bridgehead atoms. The van der Waals surface area contributed by atoms with Crippen LogP contribution in [0.15, 0.2) is 0 Å². The Hall–Kier alpha value is -0.370. The molecule has 11 heteroatoms. The number of rotatable bonds is 5. The largest absolute Gasteiger partial charge is 0.370 e. The van der Waals surface area contributed by atoms with Crippen LogP contribution in [0.5, 0.6) is 0 Å². The monoisotopic (exact) mass is 307 g/mol. The minimum absolute atomic E-state index is 0.516. The fourth-order valence-corrected chi connectivity index (χ4v) is 2.26. The average molecular weight is 307 g/mol. The molecule has 10 nitrogen and oxygen atoms in total. The Morgan fingerprint density at radius 1 is 0.895 bits per heavy atom. The van der Waals surface area contributed by atoms with Crippen molar-refractivity contribution in [3.05, 3.63) is 0 Å². The number of aliphatic hydroxyl groups excluding tert-OH is 2. The van der Waals surface area contributed by atoms with Gasteiger partial charge in [-0.15, -0.1) is 4.31 Å². The van der Waals surface area contributed by atoms with E-state index in [1.165, 1.54) is 0 Å². The first-order valence-electron chi connectivity index (χ1n) is 5.20. The topological polar surface area (TPSA) is 179 Å². The summed E-state index contributed by atoms with van der Waals surface area (Å²) < 4.78 is 30.0. The summed E-state index contributed by atoms with van der Waals surface area (Å²) in [5.74, 6) is 0. The van der Waals surface area contributed by atoms with E-state index in [2.05, 4.69) is 0 Å². The van der Waals surface area contributed by atoms with Gasteiger partial charge in [0.15, 0.2) is 24.0 Å². The first kappa shape index (κ1) is 20.9. The predicted molar refractivity (Wildman–Crippen MR) is 62.4 cm³/mol. The van der Waals surface area contributed by atoms with Crippen molar-refractivity contribution >= 4 is 10.3 Å². The lowest BCUT2D eigenvalue weighted by atomic mass is 10.1. The maximum Gasteiger partial charge on any atom is 0.341 e. The molecule has 0 fully saturated rings. The summed E-state index contributed by atoms with van der Waals surface area (Å²) in [6, 6.07) is 0. The van der Waals surface area contributed by atoms with Crippen molar-refractivity contribution in [2.45, 2.75) is 51.7 Å². The first-order valence-corrected chi connectivity index (χ1v) is 6.60. The van der Waals surface area contributed by atoms with Crippen molar-refractivity contribution in [2.75, 3.05) is 0 Å². The Morgan fingerprint density at radius 2 is 1.11 bits per heavy atom. The van der Waals surface area contributed by atoms with E-state index in [0.717, 1.165) is 0 Å². The fourth-order valence-electron chi connectivity index (χ4n) is 1.14.